The summed E-state index contributed by atoms with van der Waals surface area (Å²) in [7, 11) is 1.40. The van der Waals surface area contributed by atoms with Crippen molar-refractivity contribution in [2.24, 2.45) is 5.73 Å². The van der Waals surface area contributed by atoms with Crippen molar-refractivity contribution in [3.05, 3.63) is 23.8 Å². The summed E-state index contributed by atoms with van der Waals surface area (Å²) in [6.45, 7) is 1.32. The van der Waals surface area contributed by atoms with Crippen LogP contribution in [0.2, 0.25) is 0 Å². The second kappa shape index (κ2) is 7.36. The third-order valence-corrected chi connectivity index (χ3v) is 2.51. The van der Waals surface area contributed by atoms with E-state index in [1.54, 1.807) is 0 Å². The predicted octanol–water partition coefficient (Wildman–Crippen LogP) is 0.255. The summed E-state index contributed by atoms with van der Waals surface area (Å²) in [5.74, 6) is -2.13. The number of anilines is 2. The minimum Gasteiger partial charge on any atom is -0.478 e. The number of carbonyl (C=O) groups is 3. The number of methoxy groups -OCH3 is 1. The zero-order valence-electron chi connectivity index (χ0n) is 11.7. The van der Waals surface area contributed by atoms with Crippen molar-refractivity contribution in [2.45, 2.75) is 13.0 Å². The van der Waals surface area contributed by atoms with Gasteiger partial charge in [-0.15, -0.1) is 0 Å². The van der Waals surface area contributed by atoms with E-state index in [9.17, 15) is 14.4 Å². The highest BCUT2D eigenvalue weighted by atomic mass is 16.5. The lowest BCUT2D eigenvalue weighted by molar-refractivity contribution is -0.118. The molecule has 0 fully saturated rings. The number of nitrogens with two attached hydrogens (primary N) is 1. The van der Waals surface area contributed by atoms with E-state index < -0.39 is 17.9 Å². The first-order valence-electron chi connectivity index (χ1n) is 6.05. The van der Waals surface area contributed by atoms with E-state index in [1.807, 2.05) is 0 Å². The molecule has 0 aromatic heterocycles. The van der Waals surface area contributed by atoms with Crippen molar-refractivity contribution in [2.75, 3.05) is 24.4 Å². The van der Waals surface area contributed by atoms with Crippen LogP contribution >= 0.6 is 0 Å². The van der Waals surface area contributed by atoms with Gasteiger partial charge in [-0.1, -0.05) is 0 Å². The zero-order chi connectivity index (χ0) is 16.0. The van der Waals surface area contributed by atoms with Crippen molar-refractivity contribution < 1.29 is 24.2 Å². The minimum atomic E-state index is -1.24. The van der Waals surface area contributed by atoms with Crippen LogP contribution in [-0.2, 0) is 14.3 Å². The molecule has 0 aliphatic rings. The monoisotopic (exact) mass is 295 g/mol. The molecule has 0 aliphatic heterocycles. The van der Waals surface area contributed by atoms with E-state index >= 15 is 0 Å². The molecule has 1 unspecified atom stereocenters. The predicted molar refractivity (Wildman–Crippen MR) is 76.2 cm³/mol. The first kappa shape index (κ1) is 16.6. The molecule has 0 saturated heterocycles. The number of nitrogens with one attached hydrogen (secondary N) is 2. The third-order valence-electron chi connectivity index (χ3n) is 2.51. The molecule has 21 heavy (non-hydrogen) atoms. The van der Waals surface area contributed by atoms with Gasteiger partial charge in [0, 0.05) is 19.7 Å². The average molecular weight is 295 g/mol. The molecule has 1 aromatic carbocycles. The Morgan fingerprint density at radius 1 is 1.33 bits per heavy atom. The fourth-order valence-corrected chi connectivity index (χ4v) is 1.59. The molecule has 2 amide bonds. The quantitative estimate of drug-likeness (QED) is 0.595. The van der Waals surface area contributed by atoms with E-state index in [0.717, 1.165) is 0 Å². The molecular formula is C13H17N3O5. The summed E-state index contributed by atoms with van der Waals surface area (Å²) in [5.41, 5.74) is 5.81. The largest absolute Gasteiger partial charge is 0.478 e. The molecular weight excluding hydrogens is 278 g/mol. The molecule has 0 spiro atoms. The number of ether oxygens (including phenoxy) is 1. The SMILES string of the molecule is COCC(N)C(=O)Nc1ccc(NC(C)=O)cc1C(=O)O. The third kappa shape index (κ3) is 4.86. The molecule has 1 atom stereocenters. The maximum atomic E-state index is 11.8. The van der Waals surface area contributed by atoms with E-state index in [4.69, 9.17) is 15.6 Å². The van der Waals surface area contributed by atoms with Crippen LogP contribution in [-0.4, -0.2) is 42.6 Å². The summed E-state index contributed by atoms with van der Waals surface area (Å²) < 4.78 is 4.75. The standard InChI is InChI=1S/C13H17N3O5/c1-7(17)15-8-3-4-11(9(5-8)13(19)20)16-12(18)10(14)6-21-2/h3-5,10H,6,14H2,1-2H3,(H,15,17)(H,16,18)(H,19,20). The normalized spacial score (nSPS) is 11.6. The van der Waals surface area contributed by atoms with Crippen LogP contribution in [0.3, 0.4) is 0 Å². The summed E-state index contributed by atoms with van der Waals surface area (Å²) in [5, 5.41) is 14.0. The maximum absolute atomic E-state index is 11.8. The van der Waals surface area contributed by atoms with Crippen LogP contribution in [0.25, 0.3) is 0 Å². The van der Waals surface area contributed by atoms with Crippen LogP contribution in [0.5, 0.6) is 0 Å². The average Bonchev–Trinajstić information content (AvgIpc) is 2.39. The van der Waals surface area contributed by atoms with Crippen LogP contribution in [0, 0.1) is 0 Å². The second-order valence-electron chi connectivity index (χ2n) is 4.30. The highest BCUT2D eigenvalue weighted by Gasteiger charge is 2.18. The number of carboxylic acid groups (broad SMARTS) is 1. The maximum Gasteiger partial charge on any atom is 0.337 e. The van der Waals surface area contributed by atoms with Crippen LogP contribution < -0.4 is 16.4 Å². The fourth-order valence-electron chi connectivity index (χ4n) is 1.59. The van der Waals surface area contributed by atoms with E-state index in [2.05, 4.69) is 10.6 Å². The van der Waals surface area contributed by atoms with Gasteiger partial charge in [0.05, 0.1) is 17.9 Å². The molecule has 1 rings (SSSR count). The first-order chi connectivity index (χ1) is 9.85. The van der Waals surface area contributed by atoms with Crippen molar-refractivity contribution in [3.8, 4) is 0 Å². The molecule has 0 radical (unpaired) electrons. The lowest BCUT2D eigenvalue weighted by atomic mass is 10.1. The Morgan fingerprint density at radius 3 is 2.52 bits per heavy atom. The van der Waals surface area contributed by atoms with Gasteiger partial charge in [-0.2, -0.15) is 0 Å². The van der Waals surface area contributed by atoms with Crippen LogP contribution in [0.1, 0.15) is 17.3 Å². The molecule has 0 bridgehead atoms. The van der Waals surface area contributed by atoms with E-state index in [1.165, 1.54) is 32.2 Å². The Hall–Kier alpha value is -2.45. The van der Waals surface area contributed by atoms with Crippen LogP contribution in [0.15, 0.2) is 18.2 Å². The van der Waals surface area contributed by atoms with Crippen molar-refractivity contribution >= 4 is 29.2 Å². The number of rotatable bonds is 6. The summed E-state index contributed by atoms with van der Waals surface area (Å²) >= 11 is 0. The molecule has 0 heterocycles. The molecule has 0 aliphatic carbocycles. The zero-order valence-corrected chi connectivity index (χ0v) is 11.7. The molecule has 114 valence electrons. The number of carboxylic acids is 1. The van der Waals surface area contributed by atoms with Gasteiger partial charge < -0.3 is 26.2 Å². The Kier molecular flexibility index (Phi) is 5.82. The fraction of sp³-hybridized carbons (Fsp3) is 0.308. The van der Waals surface area contributed by atoms with Crippen LogP contribution in [0.4, 0.5) is 11.4 Å². The lowest BCUT2D eigenvalue weighted by Gasteiger charge is -2.14. The minimum absolute atomic E-state index is 0.0121. The van der Waals surface area contributed by atoms with Gasteiger partial charge in [-0.25, -0.2) is 4.79 Å². The number of aromatic carboxylic acids is 1. The smallest absolute Gasteiger partial charge is 0.337 e. The van der Waals surface area contributed by atoms with Crippen molar-refractivity contribution in [3.63, 3.8) is 0 Å². The van der Waals surface area contributed by atoms with Gasteiger partial charge in [-0.05, 0) is 18.2 Å². The van der Waals surface area contributed by atoms with Gasteiger partial charge in [0.2, 0.25) is 11.8 Å². The Balaban J connectivity index is 2.99. The Labute approximate surface area is 121 Å². The summed E-state index contributed by atoms with van der Waals surface area (Å²) in [6.07, 6.45) is 0. The second-order valence-corrected chi connectivity index (χ2v) is 4.30. The summed E-state index contributed by atoms with van der Waals surface area (Å²) in [4.78, 5) is 33.9. The first-order valence-corrected chi connectivity index (χ1v) is 6.05. The number of hydrogen-bond donors (Lipinski definition) is 4. The van der Waals surface area contributed by atoms with Gasteiger partial charge in [0.25, 0.3) is 0 Å². The number of amides is 2. The van der Waals surface area contributed by atoms with E-state index in [0.29, 0.717) is 5.69 Å². The topological polar surface area (TPSA) is 131 Å². The molecule has 1 aromatic rings. The number of hydrogen-bond acceptors (Lipinski definition) is 5. The van der Waals surface area contributed by atoms with Gasteiger partial charge >= 0.3 is 5.97 Å². The highest BCUT2D eigenvalue weighted by Crippen LogP contribution is 2.21. The van der Waals surface area contributed by atoms with Gasteiger partial charge in [0.1, 0.15) is 6.04 Å². The summed E-state index contributed by atoms with van der Waals surface area (Å²) in [6, 6.07) is 3.20. The van der Waals surface area contributed by atoms with Crippen molar-refractivity contribution in [1.29, 1.82) is 0 Å². The van der Waals surface area contributed by atoms with Crippen molar-refractivity contribution in [1.82, 2.24) is 0 Å². The number of benzene rings is 1. The Bertz CT molecular complexity index is 559. The molecule has 8 heteroatoms. The number of carbonyl (C=O) groups excluding carboxylic acids is 2. The molecule has 0 saturated carbocycles. The molecule has 5 N–H and O–H groups in total. The highest BCUT2D eigenvalue weighted by molar-refractivity contribution is 6.03. The van der Waals surface area contributed by atoms with Gasteiger partial charge in [-0.3, -0.25) is 9.59 Å². The lowest BCUT2D eigenvalue weighted by Crippen LogP contribution is -2.39. The molecule has 8 nitrogen and oxygen atoms in total. The van der Waals surface area contributed by atoms with E-state index in [-0.39, 0.29) is 23.8 Å². The Morgan fingerprint density at radius 2 is 2.00 bits per heavy atom. The van der Waals surface area contributed by atoms with Gasteiger partial charge in [0.15, 0.2) is 0 Å².